The highest BCUT2D eigenvalue weighted by molar-refractivity contribution is 5.95. The van der Waals surface area contributed by atoms with Gasteiger partial charge in [0.1, 0.15) is 17.3 Å². The van der Waals surface area contributed by atoms with Crippen molar-refractivity contribution in [3.63, 3.8) is 0 Å². The Morgan fingerprint density at radius 1 is 0.912 bits per heavy atom. The fraction of sp³-hybridized carbons (Fsp3) is 0.143. The molecular weight excluding hydrogens is 426 g/mol. The van der Waals surface area contributed by atoms with Gasteiger partial charge in [-0.05, 0) is 60.4 Å². The molecule has 0 bridgehead atoms. The predicted molar refractivity (Wildman–Crippen MR) is 133 cm³/mol. The van der Waals surface area contributed by atoms with E-state index in [9.17, 15) is 4.79 Å². The molecule has 0 radical (unpaired) electrons. The topological polar surface area (TPSA) is 101 Å². The van der Waals surface area contributed by atoms with Gasteiger partial charge in [-0.2, -0.15) is 0 Å². The van der Waals surface area contributed by atoms with Crippen molar-refractivity contribution in [1.29, 1.82) is 5.41 Å². The lowest BCUT2D eigenvalue weighted by Gasteiger charge is -2.10. The largest absolute Gasteiger partial charge is 0.462 e. The molecule has 172 valence electrons. The van der Waals surface area contributed by atoms with Crippen LogP contribution in [0.5, 0.6) is 11.5 Å². The highest BCUT2D eigenvalue weighted by Gasteiger charge is 2.20. The van der Waals surface area contributed by atoms with E-state index in [-0.39, 0.29) is 11.8 Å². The van der Waals surface area contributed by atoms with E-state index in [4.69, 9.17) is 20.6 Å². The van der Waals surface area contributed by atoms with Gasteiger partial charge >= 0.3 is 5.97 Å². The Morgan fingerprint density at radius 3 is 2.35 bits per heavy atom. The molecule has 6 nitrogen and oxygen atoms in total. The molecule has 0 amide bonds. The molecule has 0 aliphatic carbocycles. The summed E-state index contributed by atoms with van der Waals surface area (Å²) in [5.41, 5.74) is 10.4. The van der Waals surface area contributed by atoms with Gasteiger partial charge in [0.05, 0.1) is 12.2 Å². The van der Waals surface area contributed by atoms with E-state index in [1.165, 1.54) is 0 Å². The summed E-state index contributed by atoms with van der Waals surface area (Å²) >= 11 is 0. The number of amidine groups is 1. The zero-order valence-corrected chi connectivity index (χ0v) is 19.0. The quantitative estimate of drug-likeness (QED) is 0.178. The number of nitrogens with one attached hydrogen (secondary N) is 2. The Kier molecular flexibility index (Phi) is 7.08. The van der Waals surface area contributed by atoms with Crippen molar-refractivity contribution in [3.8, 4) is 11.5 Å². The van der Waals surface area contributed by atoms with Crippen LogP contribution in [0.25, 0.3) is 0 Å². The Morgan fingerprint density at radius 2 is 1.62 bits per heavy atom. The van der Waals surface area contributed by atoms with E-state index in [0.29, 0.717) is 30.6 Å². The first-order valence-electron chi connectivity index (χ1n) is 11.1. The van der Waals surface area contributed by atoms with Crippen LogP contribution in [0.3, 0.4) is 0 Å². The number of rotatable bonds is 9. The molecule has 0 spiro atoms. The number of nitrogens with two attached hydrogens (primary N) is 1. The summed E-state index contributed by atoms with van der Waals surface area (Å²) in [5, 5.41) is 7.68. The minimum atomic E-state index is -0.354. The average Bonchev–Trinajstić information content (AvgIpc) is 3.22. The van der Waals surface area contributed by atoms with Crippen molar-refractivity contribution in [2.45, 2.75) is 19.8 Å². The Labute approximate surface area is 198 Å². The summed E-state index contributed by atoms with van der Waals surface area (Å²) in [4.78, 5) is 16.2. The third-order valence-corrected chi connectivity index (χ3v) is 5.41. The van der Waals surface area contributed by atoms with Gasteiger partial charge in [-0.15, -0.1) is 0 Å². The van der Waals surface area contributed by atoms with Crippen LogP contribution in [0.4, 0.5) is 0 Å². The molecule has 0 fully saturated rings. The van der Waals surface area contributed by atoms with Crippen molar-refractivity contribution in [3.05, 3.63) is 119 Å². The Hall–Kier alpha value is -4.32. The number of carbonyl (C=O) groups excluding carboxylic acids is 1. The SMILES string of the molecule is CCOC(=O)c1c(Cc2cccc(C(=N)N)c2)c[nH]c1Cc1cccc(Oc2ccccc2)c1. The summed E-state index contributed by atoms with van der Waals surface area (Å²) in [6.45, 7) is 2.09. The monoisotopic (exact) mass is 453 g/mol. The molecule has 0 saturated carbocycles. The molecule has 4 N–H and O–H groups in total. The van der Waals surface area contributed by atoms with E-state index in [2.05, 4.69) is 4.98 Å². The van der Waals surface area contributed by atoms with Gasteiger partial charge in [0.15, 0.2) is 0 Å². The molecule has 6 heteroatoms. The summed E-state index contributed by atoms with van der Waals surface area (Å²) in [5.74, 6) is 1.16. The Bertz CT molecular complexity index is 1300. The molecule has 0 saturated heterocycles. The smallest absolute Gasteiger partial charge is 0.340 e. The normalized spacial score (nSPS) is 10.6. The molecular formula is C28H27N3O3. The lowest BCUT2D eigenvalue weighted by molar-refractivity contribution is 0.0524. The van der Waals surface area contributed by atoms with Crippen LogP contribution in [-0.2, 0) is 17.6 Å². The molecule has 1 aromatic heterocycles. The first kappa shape index (κ1) is 22.9. The molecule has 34 heavy (non-hydrogen) atoms. The number of nitrogen functional groups attached to an aromatic ring is 1. The number of esters is 1. The molecule has 0 unspecified atom stereocenters. The average molecular weight is 454 g/mol. The summed E-state index contributed by atoms with van der Waals surface area (Å²) in [7, 11) is 0. The first-order chi connectivity index (χ1) is 16.5. The summed E-state index contributed by atoms with van der Waals surface area (Å²) < 4.78 is 11.3. The summed E-state index contributed by atoms with van der Waals surface area (Å²) in [6.07, 6.45) is 2.89. The van der Waals surface area contributed by atoms with E-state index < -0.39 is 0 Å². The fourth-order valence-electron chi connectivity index (χ4n) is 3.87. The van der Waals surface area contributed by atoms with Crippen LogP contribution in [0.1, 0.15) is 45.2 Å². The second-order valence-corrected chi connectivity index (χ2v) is 7.92. The number of ether oxygens (including phenoxy) is 2. The lowest BCUT2D eigenvalue weighted by Crippen LogP contribution is -2.12. The highest BCUT2D eigenvalue weighted by Crippen LogP contribution is 2.26. The number of hydrogen-bond acceptors (Lipinski definition) is 4. The summed E-state index contributed by atoms with van der Waals surface area (Å²) in [6, 6.07) is 24.9. The van der Waals surface area contributed by atoms with Crippen molar-refractivity contribution < 1.29 is 14.3 Å². The molecule has 4 rings (SSSR count). The maximum Gasteiger partial charge on any atom is 0.340 e. The fourth-order valence-corrected chi connectivity index (χ4v) is 3.87. The van der Waals surface area contributed by atoms with Crippen molar-refractivity contribution in [2.75, 3.05) is 6.61 Å². The second-order valence-electron chi connectivity index (χ2n) is 7.92. The molecule has 0 aliphatic rings. The first-order valence-corrected chi connectivity index (χ1v) is 11.1. The van der Waals surface area contributed by atoms with E-state index in [0.717, 1.165) is 33.9 Å². The highest BCUT2D eigenvalue weighted by atomic mass is 16.5. The number of aromatic nitrogens is 1. The Balaban J connectivity index is 1.60. The standard InChI is InChI=1S/C28H27N3O3/c1-2-33-28(32)26-22(15-19-8-6-10-21(14-19)27(29)30)18-31-25(26)17-20-9-7-13-24(16-20)34-23-11-4-3-5-12-23/h3-14,16,18,31H,2,15,17H2,1H3,(H3,29,30). The van der Waals surface area contributed by atoms with Gasteiger partial charge in [-0.3, -0.25) is 5.41 Å². The van der Waals surface area contributed by atoms with Gasteiger partial charge in [-0.25, -0.2) is 4.79 Å². The van der Waals surface area contributed by atoms with Crippen LogP contribution < -0.4 is 10.5 Å². The van der Waals surface area contributed by atoms with Crippen molar-refractivity contribution >= 4 is 11.8 Å². The molecule has 3 aromatic carbocycles. The van der Waals surface area contributed by atoms with Crippen molar-refractivity contribution in [2.24, 2.45) is 5.73 Å². The van der Waals surface area contributed by atoms with Crippen molar-refractivity contribution in [1.82, 2.24) is 4.98 Å². The maximum absolute atomic E-state index is 12.9. The van der Waals surface area contributed by atoms with Crippen LogP contribution >= 0.6 is 0 Å². The van der Waals surface area contributed by atoms with Gasteiger partial charge in [0.25, 0.3) is 0 Å². The second kappa shape index (κ2) is 10.5. The number of aromatic amines is 1. The number of carbonyl (C=O) groups is 1. The number of H-pyrrole nitrogens is 1. The zero-order chi connectivity index (χ0) is 23.9. The lowest BCUT2D eigenvalue weighted by atomic mass is 9.98. The molecule has 0 aliphatic heterocycles. The van der Waals surface area contributed by atoms with Gasteiger partial charge in [0.2, 0.25) is 0 Å². The van der Waals surface area contributed by atoms with Crippen LogP contribution in [-0.4, -0.2) is 23.4 Å². The van der Waals surface area contributed by atoms with E-state index >= 15 is 0 Å². The minimum Gasteiger partial charge on any atom is -0.462 e. The van der Waals surface area contributed by atoms with Crippen LogP contribution in [0.2, 0.25) is 0 Å². The number of benzene rings is 3. The maximum atomic E-state index is 12.9. The third-order valence-electron chi connectivity index (χ3n) is 5.41. The van der Waals surface area contributed by atoms with E-state index in [1.807, 2.05) is 79.0 Å². The van der Waals surface area contributed by atoms with Gasteiger partial charge < -0.3 is 20.2 Å². The molecule has 4 aromatic rings. The van der Waals surface area contributed by atoms with E-state index in [1.54, 1.807) is 13.0 Å². The number of hydrogen-bond donors (Lipinski definition) is 3. The molecule has 0 atom stereocenters. The number of para-hydroxylation sites is 1. The van der Waals surface area contributed by atoms with Crippen LogP contribution in [0.15, 0.2) is 85.1 Å². The molecule has 1 heterocycles. The van der Waals surface area contributed by atoms with Gasteiger partial charge in [0, 0.05) is 23.9 Å². The van der Waals surface area contributed by atoms with Gasteiger partial charge in [-0.1, -0.05) is 48.5 Å². The van der Waals surface area contributed by atoms with Crippen LogP contribution in [0, 0.1) is 5.41 Å². The zero-order valence-electron chi connectivity index (χ0n) is 19.0. The predicted octanol–water partition coefficient (Wildman–Crippen LogP) is 5.45. The third kappa shape index (κ3) is 5.53. The minimum absolute atomic E-state index is 0.0137.